The van der Waals surface area contributed by atoms with Gasteiger partial charge in [0.1, 0.15) is 5.75 Å². The second-order valence-corrected chi connectivity index (χ2v) is 5.88. The third-order valence-electron chi connectivity index (χ3n) is 4.35. The van der Waals surface area contributed by atoms with Crippen molar-refractivity contribution in [3.63, 3.8) is 0 Å². The predicted molar refractivity (Wildman–Crippen MR) is 79.7 cm³/mol. The lowest BCUT2D eigenvalue weighted by atomic mass is 9.80. The van der Waals surface area contributed by atoms with Gasteiger partial charge in [0.15, 0.2) is 0 Å². The van der Waals surface area contributed by atoms with Gasteiger partial charge in [-0.05, 0) is 30.9 Å². The van der Waals surface area contributed by atoms with Crippen molar-refractivity contribution in [3.05, 3.63) is 29.8 Å². The molecule has 0 unspecified atom stereocenters. The van der Waals surface area contributed by atoms with E-state index >= 15 is 0 Å². The molecule has 110 valence electrons. The number of ether oxygens (including phenoxy) is 1. The van der Waals surface area contributed by atoms with E-state index < -0.39 is 0 Å². The molecule has 0 atom stereocenters. The van der Waals surface area contributed by atoms with Crippen LogP contribution >= 0.6 is 0 Å². The summed E-state index contributed by atoms with van der Waals surface area (Å²) in [6, 6.07) is 7.70. The number of rotatable bonds is 4. The van der Waals surface area contributed by atoms with Crippen molar-refractivity contribution in [2.75, 3.05) is 26.7 Å². The van der Waals surface area contributed by atoms with E-state index in [4.69, 9.17) is 10.5 Å². The summed E-state index contributed by atoms with van der Waals surface area (Å²) in [5, 5.41) is 0. The molecule has 4 heteroatoms. The monoisotopic (exact) mass is 276 g/mol. The summed E-state index contributed by atoms with van der Waals surface area (Å²) in [5.41, 5.74) is 6.95. The smallest absolute Gasteiger partial charge is 0.227 e. The molecule has 20 heavy (non-hydrogen) atoms. The number of para-hydroxylation sites is 1. The third-order valence-corrected chi connectivity index (χ3v) is 4.35. The molecule has 0 saturated carbocycles. The number of benzene rings is 1. The average Bonchev–Trinajstić information content (AvgIpc) is 2.48. The van der Waals surface area contributed by atoms with Gasteiger partial charge in [0.25, 0.3) is 0 Å². The molecule has 2 N–H and O–H groups in total. The minimum Gasteiger partial charge on any atom is -0.496 e. The lowest BCUT2D eigenvalue weighted by Gasteiger charge is -2.38. The number of nitrogens with zero attached hydrogens (tertiary/aromatic N) is 1. The Labute approximate surface area is 120 Å². The van der Waals surface area contributed by atoms with Gasteiger partial charge < -0.3 is 15.4 Å². The predicted octanol–water partition coefficient (Wildman–Crippen LogP) is 1.83. The Balaban J connectivity index is 1.96. The normalized spacial score (nSPS) is 17.9. The number of carbonyl (C=O) groups excluding carboxylic acids is 1. The molecule has 1 aliphatic heterocycles. The molecule has 1 heterocycles. The Morgan fingerprint density at radius 1 is 1.35 bits per heavy atom. The first-order valence-electron chi connectivity index (χ1n) is 7.18. The van der Waals surface area contributed by atoms with Crippen molar-refractivity contribution >= 4 is 5.91 Å². The van der Waals surface area contributed by atoms with Crippen molar-refractivity contribution in [2.24, 2.45) is 11.1 Å². The molecule has 2 rings (SSSR count). The number of hydrogen-bond acceptors (Lipinski definition) is 3. The van der Waals surface area contributed by atoms with Crippen LogP contribution in [0.4, 0.5) is 0 Å². The largest absolute Gasteiger partial charge is 0.496 e. The summed E-state index contributed by atoms with van der Waals surface area (Å²) in [5.74, 6) is 0.957. The zero-order valence-corrected chi connectivity index (χ0v) is 12.4. The quantitative estimate of drug-likeness (QED) is 0.912. The van der Waals surface area contributed by atoms with Crippen LogP contribution in [0.2, 0.25) is 0 Å². The number of carbonyl (C=O) groups is 1. The SMILES string of the molecule is COc1ccccc1CC(=O)N1CCC(C)(CN)CC1. The molecule has 1 aliphatic rings. The zero-order chi connectivity index (χ0) is 14.6. The van der Waals surface area contributed by atoms with Crippen LogP contribution in [0.15, 0.2) is 24.3 Å². The van der Waals surface area contributed by atoms with Crippen molar-refractivity contribution in [2.45, 2.75) is 26.2 Å². The Hall–Kier alpha value is -1.55. The molecule has 0 aromatic heterocycles. The summed E-state index contributed by atoms with van der Waals surface area (Å²) < 4.78 is 5.30. The van der Waals surface area contributed by atoms with Crippen LogP contribution in [-0.4, -0.2) is 37.6 Å². The van der Waals surface area contributed by atoms with Gasteiger partial charge in [-0.25, -0.2) is 0 Å². The fraction of sp³-hybridized carbons (Fsp3) is 0.562. The van der Waals surface area contributed by atoms with Gasteiger partial charge in [-0.15, -0.1) is 0 Å². The molecular weight excluding hydrogens is 252 g/mol. The Bertz CT molecular complexity index is 465. The maximum atomic E-state index is 12.4. The number of piperidine rings is 1. The van der Waals surface area contributed by atoms with Crippen molar-refractivity contribution in [3.8, 4) is 5.75 Å². The van der Waals surface area contributed by atoms with Gasteiger partial charge >= 0.3 is 0 Å². The van der Waals surface area contributed by atoms with Gasteiger partial charge in [0.2, 0.25) is 5.91 Å². The van der Waals surface area contributed by atoms with Crippen molar-refractivity contribution in [1.82, 2.24) is 4.90 Å². The van der Waals surface area contributed by atoms with Gasteiger partial charge in [0, 0.05) is 18.7 Å². The molecule has 1 aromatic rings. The Morgan fingerprint density at radius 2 is 2.00 bits per heavy atom. The third kappa shape index (κ3) is 3.31. The molecule has 0 aliphatic carbocycles. The van der Waals surface area contributed by atoms with Gasteiger partial charge in [-0.3, -0.25) is 4.79 Å². The molecule has 0 radical (unpaired) electrons. The summed E-state index contributed by atoms with van der Waals surface area (Å²) in [6.07, 6.45) is 2.38. The van der Waals surface area contributed by atoms with Gasteiger partial charge in [-0.2, -0.15) is 0 Å². The molecule has 1 amide bonds. The summed E-state index contributed by atoms with van der Waals surface area (Å²) in [7, 11) is 1.64. The van der Waals surface area contributed by atoms with Crippen LogP contribution in [-0.2, 0) is 11.2 Å². The van der Waals surface area contributed by atoms with E-state index in [1.807, 2.05) is 29.2 Å². The molecule has 4 nitrogen and oxygen atoms in total. The van der Waals surface area contributed by atoms with Crippen molar-refractivity contribution < 1.29 is 9.53 Å². The fourth-order valence-electron chi connectivity index (χ4n) is 2.62. The van der Waals surface area contributed by atoms with E-state index in [1.54, 1.807) is 7.11 Å². The lowest BCUT2D eigenvalue weighted by molar-refractivity contribution is -0.132. The summed E-state index contributed by atoms with van der Waals surface area (Å²) in [4.78, 5) is 14.3. The number of hydrogen-bond donors (Lipinski definition) is 1. The maximum absolute atomic E-state index is 12.4. The standard InChI is InChI=1S/C16H24N2O2/c1-16(12-17)7-9-18(10-8-16)15(19)11-13-5-3-4-6-14(13)20-2/h3-6H,7-12,17H2,1-2H3. The second-order valence-electron chi connectivity index (χ2n) is 5.88. The molecule has 1 saturated heterocycles. The van der Waals surface area contributed by atoms with Crippen LogP contribution in [0.1, 0.15) is 25.3 Å². The minimum atomic E-state index is 0.175. The van der Waals surface area contributed by atoms with E-state index in [-0.39, 0.29) is 11.3 Å². The summed E-state index contributed by atoms with van der Waals surface area (Å²) in [6.45, 7) is 4.51. The van der Waals surface area contributed by atoms with E-state index in [1.165, 1.54) is 0 Å². The topological polar surface area (TPSA) is 55.6 Å². The average molecular weight is 276 g/mol. The van der Waals surface area contributed by atoms with E-state index in [9.17, 15) is 4.79 Å². The first kappa shape index (κ1) is 14.9. The van der Waals surface area contributed by atoms with Crippen molar-refractivity contribution in [1.29, 1.82) is 0 Å². The molecule has 1 aromatic carbocycles. The fourth-order valence-corrected chi connectivity index (χ4v) is 2.62. The Morgan fingerprint density at radius 3 is 2.60 bits per heavy atom. The van der Waals surface area contributed by atoms with E-state index in [0.29, 0.717) is 13.0 Å². The highest BCUT2D eigenvalue weighted by atomic mass is 16.5. The van der Waals surface area contributed by atoms with E-state index in [2.05, 4.69) is 6.92 Å². The van der Waals surface area contributed by atoms with Crippen LogP contribution in [0.5, 0.6) is 5.75 Å². The molecule has 0 bridgehead atoms. The highest BCUT2D eigenvalue weighted by Gasteiger charge is 2.30. The maximum Gasteiger partial charge on any atom is 0.227 e. The van der Waals surface area contributed by atoms with E-state index in [0.717, 1.165) is 37.2 Å². The highest BCUT2D eigenvalue weighted by Crippen LogP contribution is 2.30. The molecule has 1 fully saturated rings. The zero-order valence-electron chi connectivity index (χ0n) is 12.4. The van der Waals surface area contributed by atoms with Gasteiger partial charge in [-0.1, -0.05) is 25.1 Å². The van der Waals surface area contributed by atoms with Crippen LogP contribution in [0.3, 0.4) is 0 Å². The number of likely N-dealkylation sites (tertiary alicyclic amines) is 1. The second kappa shape index (κ2) is 6.27. The Kier molecular flexibility index (Phi) is 4.65. The molecule has 0 spiro atoms. The number of amides is 1. The first-order valence-corrected chi connectivity index (χ1v) is 7.18. The van der Waals surface area contributed by atoms with Gasteiger partial charge in [0.05, 0.1) is 13.5 Å². The minimum absolute atomic E-state index is 0.175. The highest BCUT2D eigenvalue weighted by molar-refractivity contribution is 5.79. The summed E-state index contributed by atoms with van der Waals surface area (Å²) >= 11 is 0. The number of methoxy groups -OCH3 is 1. The molecular formula is C16H24N2O2. The van der Waals surface area contributed by atoms with Crippen LogP contribution in [0, 0.1) is 5.41 Å². The lowest BCUT2D eigenvalue weighted by Crippen LogP contribution is -2.45. The van der Waals surface area contributed by atoms with Crippen LogP contribution in [0.25, 0.3) is 0 Å². The van der Waals surface area contributed by atoms with Crippen LogP contribution < -0.4 is 10.5 Å². The number of nitrogens with two attached hydrogens (primary N) is 1. The first-order chi connectivity index (χ1) is 9.58.